The summed E-state index contributed by atoms with van der Waals surface area (Å²) in [4.78, 5) is 4.64. The van der Waals surface area contributed by atoms with Gasteiger partial charge in [-0.3, -0.25) is 0 Å². The first-order chi connectivity index (χ1) is 27.7. The molecule has 0 aromatic heterocycles. The molecule has 0 radical (unpaired) electrons. The van der Waals surface area contributed by atoms with Crippen LogP contribution in [0.15, 0.2) is 243 Å². The van der Waals surface area contributed by atoms with Gasteiger partial charge in [0.2, 0.25) is 0 Å². The second-order valence-electron chi connectivity index (χ2n) is 13.5. The Kier molecular flexibility index (Phi) is 10.9. The molecule has 0 heterocycles. The van der Waals surface area contributed by atoms with Gasteiger partial charge >= 0.3 is 0 Å². The fraction of sp³-hybridized carbons (Fsp3) is 0. The van der Waals surface area contributed by atoms with Crippen molar-refractivity contribution in [3.05, 3.63) is 249 Å². The van der Waals surface area contributed by atoms with Crippen molar-refractivity contribution in [2.45, 2.75) is 0 Å². The maximum absolute atomic E-state index is 3.76. The normalized spacial score (nSPS) is 11.1. The lowest BCUT2D eigenvalue weighted by molar-refractivity contribution is 1.25. The van der Waals surface area contributed by atoms with Gasteiger partial charge in [0, 0.05) is 34.1 Å². The molecule has 0 atom stereocenters. The van der Waals surface area contributed by atoms with Crippen LogP contribution in [-0.2, 0) is 0 Å². The van der Waals surface area contributed by atoms with E-state index in [-0.39, 0.29) is 0 Å². The molecule has 0 bridgehead atoms. The molecule has 8 aromatic carbocycles. The quantitative estimate of drug-likeness (QED) is 0.116. The summed E-state index contributed by atoms with van der Waals surface area (Å²) in [7, 11) is 0. The third-order valence-electron chi connectivity index (χ3n) is 9.86. The van der Waals surface area contributed by atoms with Gasteiger partial charge in [-0.2, -0.15) is 0 Å². The summed E-state index contributed by atoms with van der Waals surface area (Å²) in [6, 6.07) is 75.7. The van der Waals surface area contributed by atoms with E-state index in [0.717, 1.165) is 39.7 Å². The molecule has 0 saturated carbocycles. The number of allylic oxidation sites excluding steroid dienone is 4. The van der Waals surface area contributed by atoms with Crippen LogP contribution in [0.1, 0.15) is 5.56 Å². The standard InChI is InChI=1S/C54H42N2/c1-2-3-4-8-15-42-22-30-49(31-23-42)55(50-32-24-46(25-33-50)43-16-9-5-10-17-43)53-38-40-54(41-39-53)56(51-34-26-47(27-35-51)44-18-11-6-12-19-44)52-36-28-48(29-37-52)45-20-13-7-14-21-45/h2-41H,1H2/b4-3-,15-8+. The van der Waals surface area contributed by atoms with E-state index in [1.165, 1.54) is 33.4 Å². The van der Waals surface area contributed by atoms with Gasteiger partial charge < -0.3 is 9.80 Å². The van der Waals surface area contributed by atoms with Crippen LogP contribution in [0.3, 0.4) is 0 Å². The van der Waals surface area contributed by atoms with Crippen LogP contribution < -0.4 is 9.80 Å². The Labute approximate surface area is 330 Å². The van der Waals surface area contributed by atoms with E-state index >= 15 is 0 Å². The highest BCUT2D eigenvalue weighted by Gasteiger charge is 2.17. The van der Waals surface area contributed by atoms with E-state index < -0.39 is 0 Å². The smallest absolute Gasteiger partial charge is 0.0463 e. The topological polar surface area (TPSA) is 6.48 Å². The predicted octanol–water partition coefficient (Wildman–Crippen LogP) is 15.4. The van der Waals surface area contributed by atoms with Gasteiger partial charge in [0.1, 0.15) is 0 Å². The first-order valence-electron chi connectivity index (χ1n) is 19.0. The lowest BCUT2D eigenvalue weighted by atomic mass is 10.0. The van der Waals surface area contributed by atoms with Gasteiger partial charge in [-0.15, -0.1) is 0 Å². The molecule has 0 aliphatic carbocycles. The zero-order valence-electron chi connectivity index (χ0n) is 31.2. The first kappa shape index (κ1) is 35.6. The average molecular weight is 719 g/mol. The van der Waals surface area contributed by atoms with Crippen LogP contribution in [-0.4, -0.2) is 0 Å². The van der Waals surface area contributed by atoms with Crippen molar-refractivity contribution in [3.63, 3.8) is 0 Å². The molecule has 0 aliphatic heterocycles. The van der Waals surface area contributed by atoms with Crippen LogP contribution in [0.4, 0.5) is 34.1 Å². The maximum atomic E-state index is 3.76. The summed E-state index contributed by atoms with van der Waals surface area (Å²) < 4.78 is 0. The van der Waals surface area contributed by atoms with Crippen LogP contribution in [0.5, 0.6) is 0 Å². The Bertz CT molecular complexity index is 2440. The molecule has 0 spiro atoms. The minimum atomic E-state index is 1.07. The molecule has 0 N–H and O–H groups in total. The fourth-order valence-corrected chi connectivity index (χ4v) is 6.99. The Morgan fingerprint density at radius 2 is 0.536 bits per heavy atom. The molecule has 8 rings (SSSR count). The Morgan fingerprint density at radius 1 is 0.268 bits per heavy atom. The number of rotatable bonds is 12. The highest BCUT2D eigenvalue weighted by molar-refractivity contribution is 5.83. The van der Waals surface area contributed by atoms with Crippen molar-refractivity contribution in [1.82, 2.24) is 0 Å². The number of hydrogen-bond acceptors (Lipinski definition) is 2. The second-order valence-corrected chi connectivity index (χ2v) is 13.5. The van der Waals surface area contributed by atoms with Crippen molar-refractivity contribution >= 4 is 40.2 Å². The van der Waals surface area contributed by atoms with E-state index in [1.54, 1.807) is 6.08 Å². The zero-order valence-corrected chi connectivity index (χ0v) is 31.2. The lowest BCUT2D eigenvalue weighted by Gasteiger charge is -2.28. The Hall–Kier alpha value is -7.42. The summed E-state index contributed by atoms with van der Waals surface area (Å²) in [5.74, 6) is 0. The molecular formula is C54H42N2. The molecule has 2 nitrogen and oxygen atoms in total. The molecular weight excluding hydrogens is 677 g/mol. The average Bonchev–Trinajstić information content (AvgIpc) is 3.28. The Balaban J connectivity index is 1.17. The van der Waals surface area contributed by atoms with Gasteiger partial charge in [0.25, 0.3) is 0 Å². The fourth-order valence-electron chi connectivity index (χ4n) is 6.99. The van der Waals surface area contributed by atoms with E-state index in [1.807, 2.05) is 18.2 Å². The molecule has 268 valence electrons. The van der Waals surface area contributed by atoms with Crippen molar-refractivity contribution < 1.29 is 0 Å². The summed E-state index contributed by atoms with van der Waals surface area (Å²) >= 11 is 0. The molecule has 0 saturated heterocycles. The van der Waals surface area contributed by atoms with Gasteiger partial charge in [-0.1, -0.05) is 176 Å². The summed E-state index contributed by atoms with van der Waals surface area (Å²) in [5, 5.41) is 0. The predicted molar refractivity (Wildman–Crippen MR) is 240 cm³/mol. The highest BCUT2D eigenvalue weighted by atomic mass is 15.2. The van der Waals surface area contributed by atoms with Crippen LogP contribution >= 0.6 is 0 Å². The highest BCUT2D eigenvalue weighted by Crippen LogP contribution is 2.40. The second kappa shape index (κ2) is 17.2. The van der Waals surface area contributed by atoms with Crippen molar-refractivity contribution in [3.8, 4) is 33.4 Å². The number of benzene rings is 8. The van der Waals surface area contributed by atoms with Gasteiger partial charge in [-0.25, -0.2) is 0 Å². The molecule has 56 heavy (non-hydrogen) atoms. The SMILES string of the molecule is C=C/C=C\C=C\c1ccc(N(c2ccc(-c3ccccc3)cc2)c2ccc(N(c3ccc(-c4ccccc4)cc3)c3ccc(-c4ccccc4)cc3)cc2)cc1. The zero-order chi connectivity index (χ0) is 37.9. The van der Waals surface area contributed by atoms with E-state index in [4.69, 9.17) is 0 Å². The minimum Gasteiger partial charge on any atom is -0.311 e. The lowest BCUT2D eigenvalue weighted by Crippen LogP contribution is -2.12. The van der Waals surface area contributed by atoms with E-state index in [9.17, 15) is 0 Å². The third kappa shape index (κ3) is 8.21. The molecule has 8 aromatic rings. The van der Waals surface area contributed by atoms with Gasteiger partial charge in [-0.05, 0) is 112 Å². The largest absolute Gasteiger partial charge is 0.311 e. The molecule has 0 fully saturated rings. The minimum absolute atomic E-state index is 1.07. The monoisotopic (exact) mass is 718 g/mol. The van der Waals surface area contributed by atoms with Crippen LogP contribution in [0, 0.1) is 0 Å². The van der Waals surface area contributed by atoms with E-state index in [0.29, 0.717) is 0 Å². The van der Waals surface area contributed by atoms with Crippen molar-refractivity contribution in [2.75, 3.05) is 9.80 Å². The van der Waals surface area contributed by atoms with Crippen LogP contribution in [0.25, 0.3) is 39.5 Å². The summed E-state index contributed by atoms with van der Waals surface area (Å²) in [6.45, 7) is 3.76. The Morgan fingerprint density at radius 3 is 0.839 bits per heavy atom. The molecule has 0 unspecified atom stereocenters. The molecule has 2 heteroatoms. The first-order valence-corrected chi connectivity index (χ1v) is 19.0. The van der Waals surface area contributed by atoms with Crippen molar-refractivity contribution in [2.24, 2.45) is 0 Å². The van der Waals surface area contributed by atoms with Gasteiger partial charge in [0.05, 0.1) is 0 Å². The number of nitrogens with zero attached hydrogens (tertiary/aromatic N) is 2. The van der Waals surface area contributed by atoms with E-state index in [2.05, 4.69) is 235 Å². The van der Waals surface area contributed by atoms with Crippen molar-refractivity contribution in [1.29, 1.82) is 0 Å². The van der Waals surface area contributed by atoms with Crippen LogP contribution in [0.2, 0.25) is 0 Å². The van der Waals surface area contributed by atoms with Gasteiger partial charge in [0.15, 0.2) is 0 Å². The molecule has 0 aliphatic rings. The number of hydrogen-bond donors (Lipinski definition) is 0. The molecule has 0 amide bonds. The number of anilines is 6. The summed E-state index contributed by atoms with van der Waals surface area (Å²) in [5.41, 5.74) is 14.8. The maximum Gasteiger partial charge on any atom is 0.0463 e. The third-order valence-corrected chi connectivity index (χ3v) is 9.86. The summed E-state index contributed by atoms with van der Waals surface area (Å²) in [6.07, 6.45) is 9.83.